The van der Waals surface area contributed by atoms with E-state index in [0.717, 1.165) is 23.4 Å². The van der Waals surface area contributed by atoms with Crippen molar-refractivity contribution < 1.29 is 13.6 Å². The number of hydrogen-bond acceptors (Lipinski definition) is 3. The number of hydrogen-bond donors (Lipinski definition) is 1. The quantitative estimate of drug-likeness (QED) is 0.776. The molecule has 1 amide bonds. The van der Waals surface area contributed by atoms with Gasteiger partial charge < -0.3 is 10.2 Å². The molecule has 0 heterocycles. The number of carbonyl (C=O) groups excluding carboxylic acids is 1. The van der Waals surface area contributed by atoms with Gasteiger partial charge in [0.2, 0.25) is 5.91 Å². The van der Waals surface area contributed by atoms with Gasteiger partial charge in [-0.15, -0.1) is 11.8 Å². The number of nitrogens with zero attached hydrogens (tertiary/aromatic N) is 1. The lowest BCUT2D eigenvalue weighted by Gasteiger charge is -2.24. The van der Waals surface area contributed by atoms with Crippen LogP contribution in [0.3, 0.4) is 0 Å². The smallest absolute Gasteiger partial charge is 0.240 e. The van der Waals surface area contributed by atoms with Crippen molar-refractivity contribution in [3.8, 4) is 0 Å². The third-order valence-corrected chi connectivity index (χ3v) is 4.83. The second-order valence-corrected chi connectivity index (χ2v) is 6.49. The molecular weight excluding hydrogens is 330 g/mol. The molecule has 0 aliphatic heterocycles. The van der Waals surface area contributed by atoms with Crippen molar-refractivity contribution in [3.63, 3.8) is 0 Å². The molecule has 0 fully saturated rings. The molecule has 0 aromatic heterocycles. The van der Waals surface area contributed by atoms with Gasteiger partial charge in [-0.05, 0) is 24.7 Å². The van der Waals surface area contributed by atoms with Gasteiger partial charge >= 0.3 is 0 Å². The highest BCUT2D eigenvalue weighted by Gasteiger charge is 2.26. The summed E-state index contributed by atoms with van der Waals surface area (Å²) in [5, 5.41) is 2.41. The van der Waals surface area contributed by atoms with Gasteiger partial charge in [0.05, 0.1) is 0 Å². The number of likely N-dealkylation sites (N-methyl/N-ethyl adjacent to an activating group) is 2. The number of halogens is 2. The van der Waals surface area contributed by atoms with Crippen LogP contribution in [-0.4, -0.2) is 38.0 Å². The molecule has 0 saturated heterocycles. The first-order valence-corrected chi connectivity index (χ1v) is 8.47. The van der Waals surface area contributed by atoms with E-state index in [2.05, 4.69) is 5.32 Å². The molecule has 2 aromatic carbocycles. The summed E-state index contributed by atoms with van der Waals surface area (Å²) in [6, 6.07) is 12.6. The predicted molar refractivity (Wildman–Crippen MR) is 93.0 cm³/mol. The summed E-state index contributed by atoms with van der Waals surface area (Å²) < 4.78 is 27.1. The first-order valence-electron chi connectivity index (χ1n) is 7.59. The monoisotopic (exact) mass is 350 g/mol. The van der Waals surface area contributed by atoms with Crippen LogP contribution in [0.1, 0.15) is 10.8 Å². The van der Waals surface area contributed by atoms with E-state index in [4.69, 9.17) is 0 Å². The molecular formula is C18H20F2N2OS. The first-order chi connectivity index (χ1) is 11.5. The van der Waals surface area contributed by atoms with E-state index < -0.39 is 16.9 Å². The fourth-order valence-corrected chi connectivity index (χ4v) is 3.32. The van der Waals surface area contributed by atoms with Crippen LogP contribution in [0.2, 0.25) is 0 Å². The van der Waals surface area contributed by atoms with Crippen LogP contribution in [0.5, 0.6) is 0 Å². The molecule has 0 aliphatic rings. The Labute approximate surface area is 145 Å². The van der Waals surface area contributed by atoms with Crippen molar-refractivity contribution in [2.45, 2.75) is 10.1 Å². The van der Waals surface area contributed by atoms with Crippen molar-refractivity contribution in [2.24, 2.45) is 0 Å². The van der Waals surface area contributed by atoms with E-state index in [9.17, 15) is 13.6 Å². The van der Waals surface area contributed by atoms with Crippen LogP contribution in [0.15, 0.2) is 53.4 Å². The van der Waals surface area contributed by atoms with Crippen LogP contribution >= 0.6 is 11.8 Å². The van der Waals surface area contributed by atoms with E-state index in [-0.39, 0.29) is 10.8 Å². The summed E-state index contributed by atoms with van der Waals surface area (Å²) in [7, 11) is 3.53. The molecule has 0 aliphatic carbocycles. The Bertz CT molecular complexity index is 682. The molecule has 2 rings (SSSR count). The minimum atomic E-state index is -0.661. The number of amides is 1. The maximum absolute atomic E-state index is 14.0. The Morgan fingerprint density at radius 2 is 1.92 bits per heavy atom. The standard InChI is InChI=1S/C18H20F2N2OS/c1-21-10-11-22(2)18(23)17(13-6-4-3-5-7-13)24-16-9-8-14(19)12-15(16)20/h3-9,12,17,21H,10-11H2,1-2H3. The zero-order valence-corrected chi connectivity index (χ0v) is 14.4. The maximum Gasteiger partial charge on any atom is 0.240 e. The van der Waals surface area contributed by atoms with Gasteiger partial charge in [0.1, 0.15) is 16.9 Å². The SMILES string of the molecule is CNCCN(C)C(=O)C(Sc1ccc(F)cc1F)c1ccccc1. The van der Waals surface area contributed by atoms with Gasteiger partial charge in [-0.3, -0.25) is 4.79 Å². The summed E-state index contributed by atoms with van der Waals surface area (Å²) in [5.74, 6) is -1.41. The molecule has 1 unspecified atom stereocenters. The first kappa shape index (κ1) is 18.4. The Balaban J connectivity index is 2.28. The average molecular weight is 350 g/mol. The van der Waals surface area contributed by atoms with E-state index >= 15 is 0 Å². The summed E-state index contributed by atoms with van der Waals surface area (Å²) in [6.45, 7) is 1.21. The summed E-state index contributed by atoms with van der Waals surface area (Å²) in [5.41, 5.74) is 0.785. The molecule has 3 nitrogen and oxygen atoms in total. The lowest BCUT2D eigenvalue weighted by molar-refractivity contribution is -0.129. The van der Waals surface area contributed by atoms with Crippen molar-refractivity contribution >= 4 is 17.7 Å². The number of benzene rings is 2. The molecule has 0 radical (unpaired) electrons. The summed E-state index contributed by atoms with van der Waals surface area (Å²) in [4.78, 5) is 14.7. The van der Waals surface area contributed by atoms with Crippen molar-refractivity contribution in [1.82, 2.24) is 10.2 Å². The third-order valence-electron chi connectivity index (χ3n) is 3.54. The second-order valence-electron chi connectivity index (χ2n) is 5.35. The summed E-state index contributed by atoms with van der Waals surface area (Å²) >= 11 is 1.09. The number of nitrogens with one attached hydrogen (secondary N) is 1. The van der Waals surface area contributed by atoms with Crippen molar-refractivity contribution in [3.05, 3.63) is 65.7 Å². The predicted octanol–water partition coefficient (Wildman–Crippen LogP) is 3.48. The van der Waals surface area contributed by atoms with Crippen LogP contribution in [0, 0.1) is 11.6 Å². The highest BCUT2D eigenvalue weighted by Crippen LogP contribution is 2.37. The number of carbonyl (C=O) groups is 1. The van der Waals surface area contributed by atoms with E-state index in [1.165, 1.54) is 12.1 Å². The average Bonchev–Trinajstić information content (AvgIpc) is 2.59. The fraction of sp³-hybridized carbons (Fsp3) is 0.278. The summed E-state index contributed by atoms with van der Waals surface area (Å²) in [6.07, 6.45) is 0. The van der Waals surface area contributed by atoms with Crippen LogP contribution < -0.4 is 5.32 Å². The van der Waals surface area contributed by atoms with Crippen molar-refractivity contribution in [2.75, 3.05) is 27.2 Å². The molecule has 2 aromatic rings. The molecule has 128 valence electrons. The lowest BCUT2D eigenvalue weighted by Crippen LogP contribution is -2.35. The van der Waals surface area contributed by atoms with Gasteiger partial charge in [0, 0.05) is 31.1 Å². The maximum atomic E-state index is 14.0. The molecule has 0 bridgehead atoms. The second kappa shape index (κ2) is 8.80. The van der Waals surface area contributed by atoms with Crippen LogP contribution in [0.4, 0.5) is 8.78 Å². The van der Waals surface area contributed by atoms with Gasteiger partial charge in [0.25, 0.3) is 0 Å². The van der Waals surface area contributed by atoms with Crippen molar-refractivity contribution in [1.29, 1.82) is 0 Å². The highest BCUT2D eigenvalue weighted by molar-refractivity contribution is 8.00. The van der Waals surface area contributed by atoms with E-state index in [1.807, 2.05) is 37.4 Å². The molecule has 1 atom stereocenters. The fourth-order valence-electron chi connectivity index (χ4n) is 2.18. The van der Waals surface area contributed by atoms with E-state index in [1.54, 1.807) is 11.9 Å². The Morgan fingerprint density at radius 1 is 1.21 bits per heavy atom. The Morgan fingerprint density at radius 3 is 2.54 bits per heavy atom. The number of rotatable bonds is 7. The minimum absolute atomic E-state index is 0.120. The topological polar surface area (TPSA) is 32.3 Å². The normalized spacial score (nSPS) is 12.0. The molecule has 1 N–H and O–H groups in total. The zero-order valence-electron chi connectivity index (χ0n) is 13.6. The Kier molecular flexibility index (Phi) is 6.75. The molecule has 6 heteroatoms. The van der Waals surface area contributed by atoms with E-state index in [0.29, 0.717) is 13.1 Å². The van der Waals surface area contributed by atoms with Gasteiger partial charge in [0.15, 0.2) is 0 Å². The molecule has 0 saturated carbocycles. The zero-order chi connectivity index (χ0) is 17.5. The largest absolute Gasteiger partial charge is 0.343 e. The molecule has 24 heavy (non-hydrogen) atoms. The third kappa shape index (κ3) is 4.79. The molecule has 0 spiro atoms. The van der Waals surface area contributed by atoms with Gasteiger partial charge in [-0.2, -0.15) is 0 Å². The van der Waals surface area contributed by atoms with Crippen LogP contribution in [0.25, 0.3) is 0 Å². The van der Waals surface area contributed by atoms with Gasteiger partial charge in [-0.1, -0.05) is 30.3 Å². The van der Waals surface area contributed by atoms with Gasteiger partial charge in [-0.25, -0.2) is 8.78 Å². The number of thioether (sulfide) groups is 1. The van der Waals surface area contributed by atoms with Crippen LogP contribution in [-0.2, 0) is 4.79 Å². The lowest BCUT2D eigenvalue weighted by atomic mass is 10.1. The highest BCUT2D eigenvalue weighted by atomic mass is 32.2. The Hall–Kier alpha value is -1.92. The minimum Gasteiger partial charge on any atom is -0.343 e.